The molecule has 0 aliphatic heterocycles. The standard InChI is InChI=1S/C35H37Cl2N3O5S/c1-3-4-18-38-35(42)33(20-26-12-7-5-8-13-26)39(24-27-14-11-15-31(19-27)45-2)34(41)25-40(30-22-28(36)21-29(37)23-30)46(43,44)32-16-9-6-10-17-32/h5-17,19,21-23,33H,3-4,18,20,24-25H2,1-2H3,(H,38,42)/t33-/m1/s1. The summed E-state index contributed by atoms with van der Waals surface area (Å²) >= 11 is 12.6. The summed E-state index contributed by atoms with van der Waals surface area (Å²) in [6.07, 6.45) is 1.86. The topological polar surface area (TPSA) is 96.0 Å². The van der Waals surface area contributed by atoms with Crippen molar-refractivity contribution in [1.82, 2.24) is 10.2 Å². The Balaban J connectivity index is 1.81. The molecular weight excluding hydrogens is 645 g/mol. The molecule has 46 heavy (non-hydrogen) atoms. The van der Waals surface area contributed by atoms with Gasteiger partial charge in [0.15, 0.2) is 0 Å². The molecule has 0 heterocycles. The molecule has 0 unspecified atom stereocenters. The van der Waals surface area contributed by atoms with Gasteiger partial charge in [-0.3, -0.25) is 13.9 Å². The number of hydrogen-bond donors (Lipinski definition) is 1. The second-order valence-electron chi connectivity index (χ2n) is 10.7. The number of unbranched alkanes of at least 4 members (excludes halogenated alkanes) is 1. The summed E-state index contributed by atoms with van der Waals surface area (Å²) in [4.78, 5) is 29.8. The van der Waals surface area contributed by atoms with Gasteiger partial charge in [0, 0.05) is 29.6 Å². The van der Waals surface area contributed by atoms with Crippen LogP contribution in [0, 0.1) is 0 Å². The van der Waals surface area contributed by atoms with Crippen molar-refractivity contribution in [3.05, 3.63) is 124 Å². The number of halogens is 2. The van der Waals surface area contributed by atoms with Crippen LogP contribution in [0.5, 0.6) is 5.75 Å². The van der Waals surface area contributed by atoms with Gasteiger partial charge in [0.1, 0.15) is 18.3 Å². The van der Waals surface area contributed by atoms with Gasteiger partial charge in [0.2, 0.25) is 11.8 Å². The van der Waals surface area contributed by atoms with Gasteiger partial charge < -0.3 is 15.0 Å². The maximum absolute atomic E-state index is 14.5. The summed E-state index contributed by atoms with van der Waals surface area (Å²) in [5.74, 6) is -0.347. The highest BCUT2D eigenvalue weighted by Crippen LogP contribution is 2.30. The molecule has 0 aromatic heterocycles. The highest BCUT2D eigenvalue weighted by atomic mass is 35.5. The van der Waals surface area contributed by atoms with Crippen molar-refractivity contribution in [1.29, 1.82) is 0 Å². The van der Waals surface area contributed by atoms with E-state index in [-0.39, 0.29) is 39.5 Å². The second kappa shape index (κ2) is 16.5. The van der Waals surface area contributed by atoms with Crippen LogP contribution in [0.1, 0.15) is 30.9 Å². The number of nitrogens with one attached hydrogen (secondary N) is 1. The lowest BCUT2D eigenvalue weighted by Crippen LogP contribution is -2.53. The molecule has 242 valence electrons. The Morgan fingerprint density at radius 1 is 0.848 bits per heavy atom. The molecule has 0 radical (unpaired) electrons. The summed E-state index contributed by atoms with van der Waals surface area (Å²) in [5.41, 5.74) is 1.66. The molecule has 4 aromatic carbocycles. The van der Waals surface area contributed by atoms with E-state index in [2.05, 4.69) is 5.32 Å². The average molecular weight is 683 g/mol. The lowest BCUT2D eigenvalue weighted by molar-refractivity contribution is -0.140. The van der Waals surface area contributed by atoms with Crippen LogP contribution in [0.3, 0.4) is 0 Å². The van der Waals surface area contributed by atoms with Crippen molar-refractivity contribution in [2.75, 3.05) is 24.5 Å². The van der Waals surface area contributed by atoms with Crippen molar-refractivity contribution >= 4 is 50.7 Å². The van der Waals surface area contributed by atoms with E-state index in [4.69, 9.17) is 27.9 Å². The number of hydrogen-bond acceptors (Lipinski definition) is 5. The molecule has 4 aromatic rings. The smallest absolute Gasteiger partial charge is 0.264 e. The van der Waals surface area contributed by atoms with E-state index in [1.54, 1.807) is 43.5 Å². The molecule has 0 spiro atoms. The molecule has 0 bridgehead atoms. The summed E-state index contributed by atoms with van der Waals surface area (Å²) in [6.45, 7) is 1.86. The fourth-order valence-electron chi connectivity index (χ4n) is 4.96. The van der Waals surface area contributed by atoms with Crippen LogP contribution in [0.4, 0.5) is 5.69 Å². The summed E-state index contributed by atoms with van der Waals surface area (Å²) in [5, 5.41) is 3.38. The van der Waals surface area contributed by atoms with Crippen molar-refractivity contribution < 1.29 is 22.7 Å². The van der Waals surface area contributed by atoms with Gasteiger partial charge >= 0.3 is 0 Å². The van der Waals surface area contributed by atoms with E-state index in [1.165, 1.54) is 35.2 Å². The Morgan fingerprint density at radius 2 is 1.48 bits per heavy atom. The zero-order valence-electron chi connectivity index (χ0n) is 25.7. The van der Waals surface area contributed by atoms with E-state index in [1.807, 2.05) is 43.3 Å². The molecule has 0 saturated carbocycles. The van der Waals surface area contributed by atoms with Crippen molar-refractivity contribution in [2.45, 2.75) is 43.7 Å². The molecule has 2 amide bonds. The van der Waals surface area contributed by atoms with Crippen molar-refractivity contribution in [3.63, 3.8) is 0 Å². The van der Waals surface area contributed by atoms with Crippen molar-refractivity contribution in [3.8, 4) is 5.75 Å². The van der Waals surface area contributed by atoms with E-state index < -0.39 is 28.5 Å². The number of ether oxygens (including phenoxy) is 1. The molecule has 8 nitrogen and oxygen atoms in total. The minimum atomic E-state index is -4.27. The predicted molar refractivity (Wildman–Crippen MR) is 183 cm³/mol. The summed E-state index contributed by atoms with van der Waals surface area (Å²) in [7, 11) is -2.73. The fourth-order valence-corrected chi connectivity index (χ4v) is 6.89. The van der Waals surface area contributed by atoms with Gasteiger partial charge in [-0.1, -0.05) is 97.2 Å². The van der Waals surface area contributed by atoms with Crippen molar-refractivity contribution in [2.24, 2.45) is 0 Å². The van der Waals surface area contributed by atoms with Crippen LogP contribution in [0.2, 0.25) is 10.0 Å². The lowest BCUT2D eigenvalue weighted by Gasteiger charge is -2.34. The van der Waals surface area contributed by atoms with Crippen LogP contribution < -0.4 is 14.4 Å². The molecule has 0 aliphatic carbocycles. The Hall–Kier alpha value is -4.05. The largest absolute Gasteiger partial charge is 0.497 e. The number of carbonyl (C=O) groups excluding carboxylic acids is 2. The molecule has 1 N–H and O–H groups in total. The zero-order valence-corrected chi connectivity index (χ0v) is 28.1. The second-order valence-corrected chi connectivity index (χ2v) is 13.4. The highest BCUT2D eigenvalue weighted by Gasteiger charge is 2.34. The number of carbonyl (C=O) groups is 2. The van der Waals surface area contributed by atoms with E-state index in [0.717, 1.165) is 22.7 Å². The number of anilines is 1. The number of benzene rings is 4. The van der Waals surface area contributed by atoms with E-state index in [9.17, 15) is 18.0 Å². The highest BCUT2D eigenvalue weighted by molar-refractivity contribution is 7.92. The van der Waals surface area contributed by atoms with Gasteiger partial charge in [-0.25, -0.2) is 8.42 Å². The SMILES string of the molecule is CCCCNC(=O)[C@@H](Cc1ccccc1)N(Cc1cccc(OC)c1)C(=O)CN(c1cc(Cl)cc(Cl)c1)S(=O)(=O)c1ccccc1. The van der Waals surface area contributed by atoms with Crippen LogP contribution >= 0.6 is 23.2 Å². The molecule has 11 heteroatoms. The van der Waals surface area contributed by atoms with Crippen LogP contribution in [-0.2, 0) is 32.6 Å². The minimum absolute atomic E-state index is 0.0172. The Kier molecular flexibility index (Phi) is 12.5. The molecule has 0 aliphatic rings. The Labute approximate surface area is 280 Å². The number of nitrogens with zero attached hydrogens (tertiary/aromatic N) is 2. The Morgan fingerprint density at radius 3 is 2.11 bits per heavy atom. The first-order chi connectivity index (χ1) is 22.1. The molecule has 1 atom stereocenters. The van der Waals surface area contributed by atoms with Gasteiger partial charge in [-0.2, -0.15) is 0 Å². The molecular formula is C35H37Cl2N3O5S. The third-order valence-corrected chi connectivity index (χ3v) is 9.56. The van der Waals surface area contributed by atoms with E-state index >= 15 is 0 Å². The third kappa shape index (κ3) is 9.25. The summed E-state index contributed by atoms with van der Waals surface area (Å²) in [6, 6.07) is 27.8. The van der Waals surface area contributed by atoms with E-state index in [0.29, 0.717) is 17.9 Å². The lowest BCUT2D eigenvalue weighted by atomic mass is 10.0. The third-order valence-electron chi connectivity index (χ3n) is 7.33. The maximum Gasteiger partial charge on any atom is 0.264 e. The fraction of sp³-hybridized carbons (Fsp3) is 0.257. The van der Waals surface area contributed by atoms with Crippen LogP contribution in [-0.4, -0.2) is 51.4 Å². The number of amides is 2. The minimum Gasteiger partial charge on any atom is -0.497 e. The Bertz CT molecular complexity index is 1700. The first-order valence-electron chi connectivity index (χ1n) is 14.9. The maximum atomic E-state index is 14.5. The normalized spacial score (nSPS) is 11.8. The summed E-state index contributed by atoms with van der Waals surface area (Å²) < 4.78 is 34.6. The van der Waals surface area contributed by atoms with Gasteiger partial charge in [-0.15, -0.1) is 0 Å². The van der Waals surface area contributed by atoms with Gasteiger partial charge in [0.25, 0.3) is 10.0 Å². The quantitative estimate of drug-likeness (QED) is 0.140. The number of rotatable bonds is 15. The molecule has 0 saturated heterocycles. The molecule has 0 fully saturated rings. The molecule has 4 rings (SSSR count). The number of sulfonamides is 1. The van der Waals surface area contributed by atoms with Gasteiger partial charge in [0.05, 0.1) is 17.7 Å². The van der Waals surface area contributed by atoms with Crippen LogP contribution in [0.25, 0.3) is 0 Å². The zero-order chi connectivity index (χ0) is 33.1. The van der Waals surface area contributed by atoms with Gasteiger partial charge in [-0.05, 0) is 60.0 Å². The van der Waals surface area contributed by atoms with Crippen LogP contribution in [0.15, 0.2) is 108 Å². The monoisotopic (exact) mass is 681 g/mol. The first kappa shape index (κ1) is 34.8. The average Bonchev–Trinajstić information content (AvgIpc) is 3.05. The predicted octanol–water partition coefficient (Wildman–Crippen LogP) is 6.75. The first-order valence-corrected chi connectivity index (χ1v) is 17.1. The number of methoxy groups -OCH3 is 1.